The number of para-hydroxylation sites is 1. The molecule has 8 heteroatoms. The van der Waals surface area contributed by atoms with E-state index < -0.39 is 0 Å². The first-order valence-electron chi connectivity index (χ1n) is 8.09. The van der Waals surface area contributed by atoms with Crippen LogP contribution in [0.25, 0.3) is 22.1 Å². The standard InChI is InChI=1S/C18H17N7S/c1-11-6-5-7-12(10-11)19-18(26)24-23-17-20-16-15(21-22-17)13-8-3-4-9-14(13)25(16)2/h3-10H,1-2H3,(H2,19,24,26)(H,20,22,23). The molecule has 0 bridgehead atoms. The number of hydrogen-bond donors (Lipinski definition) is 3. The maximum absolute atomic E-state index is 5.29. The molecule has 0 aliphatic carbocycles. The Hall–Kier alpha value is -3.26. The Labute approximate surface area is 155 Å². The Morgan fingerprint density at radius 1 is 1.08 bits per heavy atom. The van der Waals surface area contributed by atoms with Crippen LogP contribution in [0.2, 0.25) is 0 Å². The van der Waals surface area contributed by atoms with Crippen LogP contribution in [0.1, 0.15) is 5.56 Å². The molecular weight excluding hydrogens is 346 g/mol. The summed E-state index contributed by atoms with van der Waals surface area (Å²) >= 11 is 5.29. The Morgan fingerprint density at radius 2 is 1.92 bits per heavy atom. The van der Waals surface area contributed by atoms with Gasteiger partial charge >= 0.3 is 0 Å². The van der Waals surface area contributed by atoms with Crippen LogP contribution < -0.4 is 16.2 Å². The van der Waals surface area contributed by atoms with E-state index in [0.29, 0.717) is 11.1 Å². The highest BCUT2D eigenvalue weighted by atomic mass is 32.1. The number of thiocarbonyl (C=S) groups is 1. The fourth-order valence-electron chi connectivity index (χ4n) is 2.86. The van der Waals surface area contributed by atoms with E-state index in [4.69, 9.17) is 12.2 Å². The van der Waals surface area contributed by atoms with Crippen molar-refractivity contribution in [3.05, 3.63) is 54.1 Å². The zero-order valence-corrected chi connectivity index (χ0v) is 15.1. The van der Waals surface area contributed by atoms with Crippen molar-refractivity contribution in [2.24, 2.45) is 7.05 Å². The molecule has 0 aliphatic rings. The van der Waals surface area contributed by atoms with E-state index in [1.165, 1.54) is 0 Å². The molecule has 0 saturated carbocycles. The minimum atomic E-state index is 0.344. The third-order valence-corrected chi connectivity index (χ3v) is 4.27. The van der Waals surface area contributed by atoms with Crippen molar-refractivity contribution in [1.29, 1.82) is 0 Å². The van der Waals surface area contributed by atoms with Crippen LogP contribution in [0.3, 0.4) is 0 Å². The normalized spacial score (nSPS) is 10.8. The number of aromatic nitrogens is 4. The smallest absolute Gasteiger partial charge is 0.263 e. The molecule has 2 aromatic carbocycles. The van der Waals surface area contributed by atoms with Gasteiger partial charge in [0, 0.05) is 18.1 Å². The van der Waals surface area contributed by atoms with Gasteiger partial charge in [-0.1, -0.05) is 30.3 Å². The van der Waals surface area contributed by atoms with Crippen molar-refractivity contribution >= 4 is 51.0 Å². The van der Waals surface area contributed by atoms with Gasteiger partial charge in [-0.05, 0) is 42.9 Å². The summed E-state index contributed by atoms with van der Waals surface area (Å²) in [4.78, 5) is 4.53. The zero-order valence-electron chi connectivity index (χ0n) is 14.3. The molecule has 4 aromatic rings. The van der Waals surface area contributed by atoms with Crippen molar-refractivity contribution in [3.63, 3.8) is 0 Å². The van der Waals surface area contributed by atoms with E-state index in [9.17, 15) is 0 Å². The summed E-state index contributed by atoms with van der Waals surface area (Å²) in [5, 5.41) is 13.0. The number of hydrogen-bond acceptors (Lipinski definition) is 5. The minimum absolute atomic E-state index is 0.344. The molecule has 130 valence electrons. The molecule has 0 radical (unpaired) electrons. The van der Waals surface area contributed by atoms with Crippen LogP contribution in [-0.2, 0) is 7.05 Å². The van der Waals surface area contributed by atoms with Gasteiger partial charge in [-0.15, -0.1) is 10.2 Å². The van der Waals surface area contributed by atoms with E-state index in [1.807, 2.05) is 67.1 Å². The lowest BCUT2D eigenvalue weighted by molar-refractivity contribution is 0.934. The number of hydrazine groups is 1. The summed E-state index contributed by atoms with van der Waals surface area (Å²) < 4.78 is 1.99. The van der Waals surface area contributed by atoms with Crippen LogP contribution >= 0.6 is 12.2 Å². The first-order valence-corrected chi connectivity index (χ1v) is 8.50. The number of anilines is 2. The van der Waals surface area contributed by atoms with Crippen molar-refractivity contribution in [2.45, 2.75) is 6.92 Å². The van der Waals surface area contributed by atoms with Gasteiger partial charge in [0.25, 0.3) is 5.95 Å². The molecule has 2 heterocycles. The van der Waals surface area contributed by atoms with Crippen molar-refractivity contribution in [1.82, 2.24) is 25.2 Å². The maximum atomic E-state index is 5.29. The Kier molecular flexibility index (Phi) is 4.10. The minimum Gasteiger partial charge on any atom is -0.331 e. The molecule has 3 N–H and O–H groups in total. The summed E-state index contributed by atoms with van der Waals surface area (Å²) in [5.74, 6) is 0.344. The molecule has 0 atom stereocenters. The highest BCUT2D eigenvalue weighted by Gasteiger charge is 2.12. The summed E-state index contributed by atoms with van der Waals surface area (Å²) in [6, 6.07) is 16.0. The van der Waals surface area contributed by atoms with Gasteiger partial charge in [-0.3, -0.25) is 10.9 Å². The molecule has 4 rings (SSSR count). The molecule has 2 aromatic heterocycles. The van der Waals surface area contributed by atoms with Crippen LogP contribution in [-0.4, -0.2) is 24.9 Å². The largest absolute Gasteiger partial charge is 0.331 e. The molecule has 26 heavy (non-hydrogen) atoms. The van der Waals surface area contributed by atoms with E-state index in [1.54, 1.807) is 0 Å². The summed E-state index contributed by atoms with van der Waals surface area (Å²) in [7, 11) is 1.96. The highest BCUT2D eigenvalue weighted by molar-refractivity contribution is 7.80. The maximum Gasteiger partial charge on any atom is 0.263 e. The lowest BCUT2D eigenvalue weighted by atomic mass is 10.2. The van der Waals surface area contributed by atoms with Crippen molar-refractivity contribution < 1.29 is 0 Å². The molecule has 0 fully saturated rings. The molecule has 7 nitrogen and oxygen atoms in total. The third-order valence-electron chi connectivity index (χ3n) is 4.07. The molecule has 0 unspecified atom stereocenters. The number of nitrogens with one attached hydrogen (secondary N) is 3. The average molecular weight is 363 g/mol. The molecule has 0 saturated heterocycles. The van der Waals surface area contributed by atoms with Crippen LogP contribution in [0.4, 0.5) is 11.6 Å². The topological polar surface area (TPSA) is 79.7 Å². The molecule has 0 aliphatic heterocycles. The van der Waals surface area contributed by atoms with Crippen molar-refractivity contribution in [3.8, 4) is 0 Å². The monoisotopic (exact) mass is 363 g/mol. The Bertz CT molecular complexity index is 1120. The Balaban J connectivity index is 1.51. The summed E-state index contributed by atoms with van der Waals surface area (Å²) in [6.07, 6.45) is 0. The van der Waals surface area contributed by atoms with E-state index in [2.05, 4.69) is 31.3 Å². The fraction of sp³-hybridized carbons (Fsp3) is 0.111. The fourth-order valence-corrected chi connectivity index (χ4v) is 3.03. The van der Waals surface area contributed by atoms with Crippen LogP contribution in [0.15, 0.2) is 48.5 Å². The van der Waals surface area contributed by atoms with Gasteiger partial charge in [0.15, 0.2) is 10.8 Å². The van der Waals surface area contributed by atoms with Gasteiger partial charge in [0.2, 0.25) is 0 Å². The second-order valence-electron chi connectivity index (χ2n) is 5.96. The van der Waals surface area contributed by atoms with Crippen molar-refractivity contribution in [2.75, 3.05) is 10.7 Å². The quantitative estimate of drug-likeness (QED) is 0.381. The first kappa shape index (κ1) is 16.2. The highest BCUT2D eigenvalue weighted by Crippen LogP contribution is 2.24. The van der Waals surface area contributed by atoms with Crippen LogP contribution in [0, 0.1) is 6.92 Å². The summed E-state index contributed by atoms with van der Waals surface area (Å²) in [6.45, 7) is 2.03. The van der Waals surface area contributed by atoms with E-state index in [0.717, 1.165) is 33.3 Å². The number of aryl methyl sites for hydroxylation is 2. The molecule has 0 spiro atoms. The molecule has 0 amide bonds. The zero-order chi connectivity index (χ0) is 18.1. The van der Waals surface area contributed by atoms with E-state index in [-0.39, 0.29) is 0 Å². The number of fused-ring (bicyclic) bond motifs is 3. The number of nitrogens with zero attached hydrogens (tertiary/aromatic N) is 4. The second kappa shape index (κ2) is 6.57. The number of rotatable bonds is 3. The van der Waals surface area contributed by atoms with Gasteiger partial charge in [-0.25, -0.2) is 0 Å². The lowest BCUT2D eigenvalue weighted by Crippen LogP contribution is -2.34. The predicted molar refractivity (Wildman–Crippen MR) is 108 cm³/mol. The van der Waals surface area contributed by atoms with E-state index >= 15 is 0 Å². The third kappa shape index (κ3) is 3.02. The van der Waals surface area contributed by atoms with Gasteiger partial charge < -0.3 is 9.88 Å². The van der Waals surface area contributed by atoms with Gasteiger partial charge in [0.05, 0.1) is 5.52 Å². The first-order chi connectivity index (χ1) is 12.6. The lowest BCUT2D eigenvalue weighted by Gasteiger charge is -2.11. The van der Waals surface area contributed by atoms with Gasteiger partial charge in [-0.2, -0.15) is 4.98 Å². The number of benzene rings is 2. The Morgan fingerprint density at radius 3 is 2.77 bits per heavy atom. The predicted octanol–water partition coefficient (Wildman–Crippen LogP) is 3.14. The average Bonchev–Trinajstić information content (AvgIpc) is 2.93. The SMILES string of the molecule is Cc1cccc(NC(=S)NNc2nnc3c4ccccc4n(C)c3n2)c1. The summed E-state index contributed by atoms with van der Waals surface area (Å²) in [5.41, 5.74) is 10.4. The second-order valence-corrected chi connectivity index (χ2v) is 6.37. The molecular formula is C18H17N7S. The van der Waals surface area contributed by atoms with Crippen LogP contribution in [0.5, 0.6) is 0 Å². The van der Waals surface area contributed by atoms with Gasteiger partial charge in [0.1, 0.15) is 5.52 Å².